The van der Waals surface area contributed by atoms with E-state index in [1.807, 2.05) is 0 Å². The minimum Gasteiger partial charge on any atom is -0.374 e. The fourth-order valence-corrected chi connectivity index (χ4v) is 4.19. The molecular weight excluding hydrogens is 300 g/mol. The van der Waals surface area contributed by atoms with Gasteiger partial charge in [-0.3, -0.25) is 0 Å². The van der Waals surface area contributed by atoms with Crippen molar-refractivity contribution in [3.05, 3.63) is 42.0 Å². The van der Waals surface area contributed by atoms with Gasteiger partial charge in [0.2, 0.25) is 5.13 Å². The Hall–Kier alpha value is -1.37. The van der Waals surface area contributed by atoms with Crippen LogP contribution in [0.15, 0.2) is 40.7 Å². The highest BCUT2D eigenvalue weighted by Crippen LogP contribution is 2.27. The number of aromatic nitrogens is 2. The molecule has 1 aliphatic rings. The molecule has 0 fully saturated rings. The van der Waals surface area contributed by atoms with E-state index >= 15 is 0 Å². The maximum atomic E-state index is 5.59. The second kappa shape index (κ2) is 7.06. The predicted molar refractivity (Wildman–Crippen MR) is 90.5 cm³/mol. The van der Waals surface area contributed by atoms with Gasteiger partial charge in [-0.15, -0.1) is 10.2 Å². The van der Waals surface area contributed by atoms with Crippen molar-refractivity contribution in [1.29, 1.82) is 0 Å². The SMILES string of the molecule is Nc1nnc(SCCC2CC(c3ccccc3)=CCN2)s1. The van der Waals surface area contributed by atoms with Crippen molar-refractivity contribution in [2.24, 2.45) is 0 Å². The van der Waals surface area contributed by atoms with Crippen LogP contribution in [0.1, 0.15) is 18.4 Å². The number of nitrogen functional groups attached to an aromatic ring is 1. The van der Waals surface area contributed by atoms with Crippen LogP contribution >= 0.6 is 23.1 Å². The van der Waals surface area contributed by atoms with Crippen molar-refractivity contribution in [3.63, 3.8) is 0 Å². The highest BCUT2D eigenvalue weighted by atomic mass is 32.2. The van der Waals surface area contributed by atoms with Gasteiger partial charge in [-0.25, -0.2) is 0 Å². The van der Waals surface area contributed by atoms with Crippen molar-refractivity contribution < 1.29 is 0 Å². The van der Waals surface area contributed by atoms with Gasteiger partial charge >= 0.3 is 0 Å². The summed E-state index contributed by atoms with van der Waals surface area (Å²) in [6, 6.07) is 11.2. The third kappa shape index (κ3) is 4.06. The van der Waals surface area contributed by atoms with E-state index in [0.29, 0.717) is 11.2 Å². The second-order valence-corrected chi connectivity index (χ2v) is 7.30. The van der Waals surface area contributed by atoms with E-state index in [2.05, 4.69) is 51.9 Å². The van der Waals surface area contributed by atoms with E-state index < -0.39 is 0 Å². The van der Waals surface area contributed by atoms with Crippen molar-refractivity contribution in [2.75, 3.05) is 18.0 Å². The lowest BCUT2D eigenvalue weighted by Crippen LogP contribution is -2.33. The van der Waals surface area contributed by atoms with Crippen molar-refractivity contribution in [2.45, 2.75) is 23.2 Å². The Morgan fingerprint density at radius 1 is 1.29 bits per heavy atom. The first-order valence-electron chi connectivity index (χ1n) is 7.01. The summed E-state index contributed by atoms with van der Waals surface area (Å²) < 4.78 is 0.960. The third-order valence-electron chi connectivity index (χ3n) is 3.48. The molecule has 110 valence electrons. The molecule has 0 amide bonds. The molecule has 0 bridgehead atoms. The molecular formula is C15H18N4S2. The molecule has 6 heteroatoms. The van der Waals surface area contributed by atoms with Crippen molar-refractivity contribution >= 4 is 33.8 Å². The molecule has 1 atom stereocenters. The molecule has 3 N–H and O–H groups in total. The zero-order valence-corrected chi connectivity index (χ0v) is 13.3. The first-order chi connectivity index (χ1) is 10.3. The van der Waals surface area contributed by atoms with Gasteiger partial charge in [0.05, 0.1) is 0 Å². The first-order valence-corrected chi connectivity index (χ1v) is 8.81. The molecule has 0 aliphatic carbocycles. The zero-order valence-electron chi connectivity index (χ0n) is 11.7. The summed E-state index contributed by atoms with van der Waals surface area (Å²) in [5, 5.41) is 12.0. The lowest BCUT2D eigenvalue weighted by Gasteiger charge is -2.24. The lowest BCUT2D eigenvalue weighted by atomic mass is 9.94. The number of nitrogens with two attached hydrogens (primary N) is 1. The van der Waals surface area contributed by atoms with E-state index in [1.54, 1.807) is 11.8 Å². The lowest BCUT2D eigenvalue weighted by molar-refractivity contribution is 0.525. The molecule has 4 nitrogen and oxygen atoms in total. The fourth-order valence-electron chi connectivity index (χ4n) is 2.43. The Morgan fingerprint density at radius 2 is 2.14 bits per heavy atom. The monoisotopic (exact) mass is 318 g/mol. The van der Waals surface area contributed by atoms with E-state index in [9.17, 15) is 0 Å². The Balaban J connectivity index is 1.50. The van der Waals surface area contributed by atoms with Crippen molar-refractivity contribution in [3.8, 4) is 0 Å². The summed E-state index contributed by atoms with van der Waals surface area (Å²) in [4.78, 5) is 0. The van der Waals surface area contributed by atoms with E-state index in [-0.39, 0.29) is 0 Å². The minimum absolute atomic E-state index is 0.531. The van der Waals surface area contributed by atoms with Crippen LogP contribution in [0.2, 0.25) is 0 Å². The van der Waals surface area contributed by atoms with Gasteiger partial charge in [-0.2, -0.15) is 0 Å². The first kappa shape index (κ1) is 14.6. The van der Waals surface area contributed by atoms with Gasteiger partial charge in [-0.1, -0.05) is 59.5 Å². The van der Waals surface area contributed by atoms with Crippen LogP contribution in [-0.2, 0) is 0 Å². The van der Waals surface area contributed by atoms with Gasteiger partial charge in [0, 0.05) is 18.3 Å². The Labute approximate surface area is 132 Å². The largest absolute Gasteiger partial charge is 0.374 e. The summed E-state index contributed by atoms with van der Waals surface area (Å²) in [6.07, 6.45) is 4.50. The molecule has 2 heterocycles. The molecule has 3 rings (SSSR count). The van der Waals surface area contributed by atoms with E-state index in [0.717, 1.165) is 29.5 Å². The number of hydrogen-bond acceptors (Lipinski definition) is 6. The number of nitrogens with one attached hydrogen (secondary N) is 1. The molecule has 1 aromatic carbocycles. The summed E-state index contributed by atoms with van der Waals surface area (Å²) in [5.41, 5.74) is 8.38. The maximum Gasteiger partial charge on any atom is 0.203 e. The summed E-state index contributed by atoms with van der Waals surface area (Å²) in [5.74, 6) is 1.04. The summed E-state index contributed by atoms with van der Waals surface area (Å²) >= 11 is 3.20. The zero-order chi connectivity index (χ0) is 14.5. The van der Waals surface area contributed by atoms with Crippen LogP contribution in [0.25, 0.3) is 5.57 Å². The quantitative estimate of drug-likeness (QED) is 0.830. The average molecular weight is 318 g/mol. The van der Waals surface area contributed by atoms with Crippen LogP contribution in [-0.4, -0.2) is 28.5 Å². The molecule has 0 saturated carbocycles. The molecule has 21 heavy (non-hydrogen) atoms. The normalized spacial score (nSPS) is 18.5. The van der Waals surface area contributed by atoms with Gasteiger partial charge in [0.15, 0.2) is 4.34 Å². The molecule has 1 aliphatic heterocycles. The predicted octanol–water partition coefficient (Wildman–Crippen LogP) is 3.05. The average Bonchev–Trinajstić information content (AvgIpc) is 2.94. The molecule has 0 spiro atoms. The van der Waals surface area contributed by atoms with Crippen molar-refractivity contribution in [1.82, 2.24) is 15.5 Å². The van der Waals surface area contributed by atoms with Gasteiger partial charge in [0.25, 0.3) is 0 Å². The smallest absolute Gasteiger partial charge is 0.203 e. The molecule has 1 aromatic heterocycles. The Kier molecular flexibility index (Phi) is 4.90. The number of rotatable bonds is 5. The van der Waals surface area contributed by atoms with Gasteiger partial charge in [-0.05, 0) is 24.0 Å². The third-order valence-corrected chi connectivity index (χ3v) is 5.40. The minimum atomic E-state index is 0.531. The van der Waals surface area contributed by atoms with Crippen LogP contribution in [0.5, 0.6) is 0 Å². The second-order valence-electron chi connectivity index (χ2n) is 4.95. The standard InChI is InChI=1S/C15H18N4S2/c16-14-18-19-15(21-14)20-9-7-13-10-12(6-8-17-13)11-4-2-1-3-5-11/h1-6,13,17H,7-10H2,(H2,16,18). The number of thioether (sulfide) groups is 1. The van der Waals surface area contributed by atoms with Crippen LogP contribution in [0.3, 0.4) is 0 Å². The number of nitrogens with zero attached hydrogens (tertiary/aromatic N) is 2. The molecule has 1 unspecified atom stereocenters. The summed E-state index contributed by atoms with van der Waals surface area (Å²) in [7, 11) is 0. The van der Waals surface area contributed by atoms with Crippen LogP contribution < -0.4 is 11.1 Å². The van der Waals surface area contributed by atoms with Crippen LogP contribution in [0, 0.1) is 0 Å². The highest BCUT2D eigenvalue weighted by Gasteiger charge is 2.16. The van der Waals surface area contributed by atoms with Gasteiger partial charge in [0.1, 0.15) is 0 Å². The van der Waals surface area contributed by atoms with Crippen LogP contribution in [0.4, 0.5) is 5.13 Å². The van der Waals surface area contributed by atoms with E-state index in [1.165, 1.54) is 22.5 Å². The van der Waals surface area contributed by atoms with E-state index in [4.69, 9.17) is 5.73 Å². The topological polar surface area (TPSA) is 63.8 Å². The molecule has 0 radical (unpaired) electrons. The number of benzene rings is 1. The molecule has 2 aromatic rings. The maximum absolute atomic E-state index is 5.59. The number of anilines is 1. The highest BCUT2D eigenvalue weighted by molar-refractivity contribution is 8.01. The number of hydrogen-bond donors (Lipinski definition) is 2. The Morgan fingerprint density at radius 3 is 2.90 bits per heavy atom. The molecule has 0 saturated heterocycles. The Bertz CT molecular complexity index is 609. The van der Waals surface area contributed by atoms with Gasteiger partial charge < -0.3 is 11.1 Å². The fraction of sp³-hybridized carbons (Fsp3) is 0.333. The summed E-state index contributed by atoms with van der Waals surface area (Å²) in [6.45, 7) is 0.950.